The van der Waals surface area contributed by atoms with E-state index in [0.29, 0.717) is 40.8 Å². The normalized spacial score (nSPS) is 13.2. The third kappa shape index (κ3) is 2.30. The molecule has 0 saturated heterocycles. The van der Waals surface area contributed by atoms with Crippen molar-refractivity contribution in [3.05, 3.63) is 46.0 Å². The Morgan fingerprint density at radius 1 is 1.17 bits per heavy atom. The molecule has 2 N–H and O–H groups in total. The summed E-state index contributed by atoms with van der Waals surface area (Å²) in [6.07, 6.45) is 0. The summed E-state index contributed by atoms with van der Waals surface area (Å²) in [4.78, 5) is 18.7. The van der Waals surface area contributed by atoms with Gasteiger partial charge in [-0.05, 0) is 43.7 Å². The van der Waals surface area contributed by atoms with Crippen molar-refractivity contribution in [3.8, 4) is 11.5 Å². The maximum atomic E-state index is 12.9. The Kier molecular flexibility index (Phi) is 3.42. The van der Waals surface area contributed by atoms with Crippen molar-refractivity contribution in [2.75, 3.05) is 18.9 Å². The number of nitrogen functional groups attached to an aromatic ring is 1. The third-order valence-electron chi connectivity index (χ3n) is 4.03. The van der Waals surface area contributed by atoms with Crippen molar-refractivity contribution in [1.82, 2.24) is 4.98 Å². The molecule has 4 rings (SSSR count). The number of carbonyl (C=O) groups excluding carboxylic acids is 1. The number of pyridine rings is 1. The van der Waals surface area contributed by atoms with Crippen LogP contribution in [0, 0.1) is 13.8 Å². The van der Waals surface area contributed by atoms with Gasteiger partial charge >= 0.3 is 0 Å². The summed E-state index contributed by atoms with van der Waals surface area (Å²) >= 11 is 1.33. The maximum Gasteiger partial charge on any atom is 0.205 e. The molecule has 1 aliphatic rings. The molecule has 122 valence electrons. The molecule has 0 amide bonds. The Morgan fingerprint density at radius 3 is 2.71 bits per heavy atom. The van der Waals surface area contributed by atoms with Crippen molar-refractivity contribution in [1.29, 1.82) is 0 Å². The first kappa shape index (κ1) is 15.0. The number of rotatable bonds is 2. The van der Waals surface area contributed by atoms with Crippen LogP contribution in [-0.4, -0.2) is 24.0 Å². The minimum Gasteiger partial charge on any atom is -0.486 e. The number of nitrogens with two attached hydrogens (primary N) is 1. The SMILES string of the molecule is Cc1cc(C)c2c(N)c(C(=O)c3ccc4c(c3)OCCO4)sc2n1. The highest BCUT2D eigenvalue weighted by molar-refractivity contribution is 7.21. The summed E-state index contributed by atoms with van der Waals surface area (Å²) in [6.45, 7) is 4.93. The average molecular weight is 340 g/mol. The second-order valence-electron chi connectivity index (χ2n) is 5.79. The van der Waals surface area contributed by atoms with E-state index < -0.39 is 0 Å². The van der Waals surface area contributed by atoms with Gasteiger partial charge in [0.2, 0.25) is 5.78 Å². The lowest BCUT2D eigenvalue weighted by atomic mass is 10.1. The van der Waals surface area contributed by atoms with E-state index in [4.69, 9.17) is 15.2 Å². The molecule has 1 aliphatic heterocycles. The molecule has 1 aromatic carbocycles. The summed E-state index contributed by atoms with van der Waals surface area (Å²) < 4.78 is 11.1. The minimum absolute atomic E-state index is 0.121. The van der Waals surface area contributed by atoms with E-state index in [-0.39, 0.29) is 5.78 Å². The number of ketones is 1. The summed E-state index contributed by atoms with van der Waals surface area (Å²) in [5.41, 5.74) is 9.24. The molecule has 5 nitrogen and oxygen atoms in total. The van der Waals surface area contributed by atoms with Gasteiger partial charge in [-0.1, -0.05) is 0 Å². The van der Waals surface area contributed by atoms with Gasteiger partial charge in [0.25, 0.3) is 0 Å². The molecule has 0 saturated carbocycles. The average Bonchev–Trinajstić information content (AvgIpc) is 2.90. The van der Waals surface area contributed by atoms with E-state index in [1.54, 1.807) is 18.2 Å². The van der Waals surface area contributed by atoms with Gasteiger partial charge in [-0.25, -0.2) is 4.98 Å². The molecule has 6 heteroatoms. The van der Waals surface area contributed by atoms with Gasteiger partial charge < -0.3 is 15.2 Å². The van der Waals surface area contributed by atoms with Crippen LogP contribution in [-0.2, 0) is 0 Å². The monoisotopic (exact) mass is 340 g/mol. The number of ether oxygens (including phenoxy) is 2. The number of hydrogen-bond acceptors (Lipinski definition) is 6. The fourth-order valence-corrected chi connectivity index (χ4v) is 4.13. The molecule has 0 atom stereocenters. The van der Waals surface area contributed by atoms with Crippen LogP contribution in [0.1, 0.15) is 26.5 Å². The lowest BCUT2D eigenvalue weighted by Gasteiger charge is -2.18. The molecule has 3 heterocycles. The number of carbonyl (C=O) groups is 1. The molecule has 0 radical (unpaired) electrons. The number of nitrogens with zero attached hydrogens (tertiary/aromatic N) is 1. The van der Waals surface area contributed by atoms with Crippen molar-refractivity contribution in [2.24, 2.45) is 0 Å². The predicted octanol–water partition coefficient (Wildman–Crippen LogP) is 3.50. The fraction of sp³-hybridized carbons (Fsp3) is 0.222. The van der Waals surface area contributed by atoms with Gasteiger partial charge in [0.1, 0.15) is 22.9 Å². The number of thiophene rings is 1. The summed E-state index contributed by atoms with van der Waals surface area (Å²) in [6, 6.07) is 7.19. The molecular formula is C18H16N2O3S. The largest absolute Gasteiger partial charge is 0.486 e. The first-order valence-electron chi connectivity index (χ1n) is 7.65. The summed E-state index contributed by atoms with van der Waals surface area (Å²) in [7, 11) is 0. The van der Waals surface area contributed by atoms with Crippen molar-refractivity contribution < 1.29 is 14.3 Å². The van der Waals surface area contributed by atoms with Gasteiger partial charge in [0, 0.05) is 16.6 Å². The van der Waals surface area contributed by atoms with Gasteiger partial charge in [-0.15, -0.1) is 11.3 Å². The van der Waals surface area contributed by atoms with E-state index in [2.05, 4.69) is 4.98 Å². The second-order valence-corrected chi connectivity index (χ2v) is 6.79. The first-order valence-corrected chi connectivity index (χ1v) is 8.47. The molecule has 3 aromatic rings. The summed E-state index contributed by atoms with van der Waals surface area (Å²) in [5, 5.41) is 0.867. The molecule has 0 spiro atoms. The highest BCUT2D eigenvalue weighted by Gasteiger charge is 2.22. The predicted molar refractivity (Wildman–Crippen MR) is 94.4 cm³/mol. The number of hydrogen-bond donors (Lipinski definition) is 1. The first-order chi connectivity index (χ1) is 11.5. The second kappa shape index (κ2) is 5.49. The zero-order chi connectivity index (χ0) is 16.8. The van der Waals surface area contributed by atoms with Crippen LogP contribution in [0.5, 0.6) is 11.5 Å². The smallest absolute Gasteiger partial charge is 0.205 e. The van der Waals surface area contributed by atoms with Crippen LogP contribution in [0.4, 0.5) is 5.69 Å². The van der Waals surface area contributed by atoms with Crippen LogP contribution in [0.3, 0.4) is 0 Å². The van der Waals surface area contributed by atoms with Crippen LogP contribution < -0.4 is 15.2 Å². The Labute approximate surface area is 143 Å². The molecule has 2 aromatic heterocycles. The molecule has 0 fully saturated rings. The van der Waals surface area contributed by atoms with E-state index in [0.717, 1.165) is 21.5 Å². The van der Waals surface area contributed by atoms with Crippen LogP contribution in [0.25, 0.3) is 10.2 Å². The standard InChI is InChI=1S/C18H16N2O3S/c1-9-7-10(2)20-18-14(9)15(19)17(24-18)16(21)11-3-4-12-13(8-11)23-6-5-22-12/h3-4,7-8H,5-6,19H2,1-2H3. The number of aromatic nitrogens is 1. The quantitative estimate of drug-likeness (QED) is 0.723. The molecule has 0 aliphatic carbocycles. The molecule has 0 bridgehead atoms. The summed E-state index contributed by atoms with van der Waals surface area (Å²) in [5.74, 6) is 1.14. The van der Waals surface area contributed by atoms with Crippen molar-refractivity contribution >= 4 is 33.0 Å². The Bertz CT molecular complexity index is 978. The minimum atomic E-state index is -0.121. The van der Waals surface area contributed by atoms with Crippen LogP contribution in [0.2, 0.25) is 0 Å². The van der Waals surface area contributed by atoms with Gasteiger partial charge in [-0.2, -0.15) is 0 Å². The topological polar surface area (TPSA) is 74.4 Å². The van der Waals surface area contributed by atoms with Crippen molar-refractivity contribution in [3.63, 3.8) is 0 Å². The molecule has 24 heavy (non-hydrogen) atoms. The van der Waals surface area contributed by atoms with E-state index in [1.807, 2.05) is 19.9 Å². The number of benzene rings is 1. The lowest BCUT2D eigenvalue weighted by molar-refractivity contribution is 0.104. The molecular weight excluding hydrogens is 324 g/mol. The maximum absolute atomic E-state index is 12.9. The Balaban J connectivity index is 1.81. The van der Waals surface area contributed by atoms with E-state index >= 15 is 0 Å². The zero-order valence-corrected chi connectivity index (χ0v) is 14.2. The zero-order valence-electron chi connectivity index (χ0n) is 13.4. The van der Waals surface area contributed by atoms with Crippen LogP contribution in [0.15, 0.2) is 24.3 Å². The number of aryl methyl sites for hydroxylation is 2. The highest BCUT2D eigenvalue weighted by Crippen LogP contribution is 2.38. The van der Waals surface area contributed by atoms with Gasteiger partial charge in [0.05, 0.1) is 5.69 Å². The van der Waals surface area contributed by atoms with Crippen molar-refractivity contribution in [2.45, 2.75) is 13.8 Å². The van der Waals surface area contributed by atoms with Crippen LogP contribution >= 0.6 is 11.3 Å². The highest BCUT2D eigenvalue weighted by atomic mass is 32.1. The fourth-order valence-electron chi connectivity index (χ4n) is 2.95. The number of fused-ring (bicyclic) bond motifs is 2. The Morgan fingerprint density at radius 2 is 1.92 bits per heavy atom. The van der Waals surface area contributed by atoms with E-state index in [9.17, 15) is 4.79 Å². The third-order valence-corrected chi connectivity index (χ3v) is 5.13. The van der Waals surface area contributed by atoms with Gasteiger partial charge in [-0.3, -0.25) is 4.79 Å². The Hall–Kier alpha value is -2.60. The molecule has 0 unspecified atom stereocenters. The lowest BCUT2D eigenvalue weighted by Crippen LogP contribution is -2.15. The van der Waals surface area contributed by atoms with Gasteiger partial charge in [0.15, 0.2) is 11.5 Å². The number of anilines is 1. The van der Waals surface area contributed by atoms with E-state index in [1.165, 1.54) is 11.3 Å².